The summed E-state index contributed by atoms with van der Waals surface area (Å²) in [5.74, 6) is 0.985. The largest absolute Gasteiger partial charge is 0.491 e. The second kappa shape index (κ2) is 6.92. The lowest BCUT2D eigenvalue weighted by molar-refractivity contribution is 0.241. The minimum Gasteiger partial charge on any atom is -0.491 e. The van der Waals surface area contributed by atoms with Crippen molar-refractivity contribution < 1.29 is 4.74 Å². The Balaban J connectivity index is 1.89. The van der Waals surface area contributed by atoms with E-state index in [1.54, 1.807) is 0 Å². The quantitative estimate of drug-likeness (QED) is 0.880. The number of rotatable bonds is 5. The van der Waals surface area contributed by atoms with Crippen LogP contribution in [0.5, 0.6) is 5.75 Å². The van der Waals surface area contributed by atoms with Gasteiger partial charge in [0.25, 0.3) is 0 Å². The van der Waals surface area contributed by atoms with Gasteiger partial charge in [0.05, 0.1) is 6.10 Å². The SMILES string of the molecule is Cc1cc(OC(C)C)ccc1CCN1CCNCC1. The molecule has 1 aliphatic rings. The van der Waals surface area contributed by atoms with E-state index in [4.69, 9.17) is 4.74 Å². The van der Waals surface area contributed by atoms with Gasteiger partial charge in [0.15, 0.2) is 0 Å². The minimum atomic E-state index is 0.242. The summed E-state index contributed by atoms with van der Waals surface area (Å²) in [7, 11) is 0. The van der Waals surface area contributed by atoms with Crippen molar-refractivity contribution in [1.29, 1.82) is 0 Å². The Hall–Kier alpha value is -1.06. The Morgan fingerprint density at radius 2 is 2.00 bits per heavy atom. The predicted molar refractivity (Wildman–Crippen MR) is 80.0 cm³/mol. The third-order valence-electron chi connectivity index (χ3n) is 3.59. The molecule has 1 N–H and O–H groups in total. The average molecular weight is 262 g/mol. The van der Waals surface area contributed by atoms with Gasteiger partial charge in [0, 0.05) is 32.7 Å². The maximum atomic E-state index is 5.73. The van der Waals surface area contributed by atoms with E-state index in [0.29, 0.717) is 0 Å². The summed E-state index contributed by atoms with van der Waals surface area (Å²) in [4.78, 5) is 2.54. The third-order valence-corrected chi connectivity index (χ3v) is 3.59. The summed E-state index contributed by atoms with van der Waals surface area (Å²) >= 11 is 0. The number of aryl methyl sites for hydroxylation is 1. The van der Waals surface area contributed by atoms with E-state index in [9.17, 15) is 0 Å². The highest BCUT2D eigenvalue weighted by Crippen LogP contribution is 2.19. The molecule has 3 nitrogen and oxygen atoms in total. The van der Waals surface area contributed by atoms with Crippen LogP contribution in [-0.2, 0) is 6.42 Å². The molecule has 0 amide bonds. The van der Waals surface area contributed by atoms with Gasteiger partial charge in [-0.3, -0.25) is 0 Å². The molecular weight excluding hydrogens is 236 g/mol. The van der Waals surface area contributed by atoms with Gasteiger partial charge in [-0.25, -0.2) is 0 Å². The normalized spacial score (nSPS) is 16.8. The standard InChI is InChI=1S/C16H26N2O/c1-13(2)19-16-5-4-15(14(3)12-16)6-9-18-10-7-17-8-11-18/h4-5,12-13,17H,6-11H2,1-3H3. The molecule has 1 saturated heterocycles. The molecule has 1 aliphatic heterocycles. The Morgan fingerprint density at radius 1 is 1.26 bits per heavy atom. The first-order valence-electron chi connectivity index (χ1n) is 7.34. The second-order valence-corrected chi connectivity index (χ2v) is 5.60. The van der Waals surface area contributed by atoms with Crippen molar-refractivity contribution in [2.24, 2.45) is 0 Å². The lowest BCUT2D eigenvalue weighted by Gasteiger charge is -2.27. The monoisotopic (exact) mass is 262 g/mol. The van der Waals surface area contributed by atoms with Gasteiger partial charge in [0.2, 0.25) is 0 Å². The molecule has 2 rings (SSSR count). The molecule has 1 aromatic carbocycles. The summed E-state index contributed by atoms with van der Waals surface area (Å²) in [6, 6.07) is 6.47. The first-order chi connectivity index (χ1) is 9.15. The fourth-order valence-corrected chi connectivity index (χ4v) is 2.51. The molecule has 0 aliphatic carbocycles. The van der Waals surface area contributed by atoms with Crippen molar-refractivity contribution in [2.75, 3.05) is 32.7 Å². The Morgan fingerprint density at radius 3 is 2.63 bits per heavy atom. The van der Waals surface area contributed by atoms with Crippen LogP contribution in [0, 0.1) is 6.92 Å². The van der Waals surface area contributed by atoms with Crippen molar-refractivity contribution in [3.05, 3.63) is 29.3 Å². The highest BCUT2D eigenvalue weighted by Gasteiger charge is 2.10. The van der Waals surface area contributed by atoms with Crippen LogP contribution in [-0.4, -0.2) is 43.7 Å². The topological polar surface area (TPSA) is 24.5 Å². The molecule has 1 aromatic rings. The molecule has 0 bridgehead atoms. The predicted octanol–water partition coefficient (Wildman–Crippen LogP) is 2.23. The number of ether oxygens (including phenoxy) is 1. The number of benzene rings is 1. The molecule has 106 valence electrons. The fraction of sp³-hybridized carbons (Fsp3) is 0.625. The van der Waals surface area contributed by atoms with Gasteiger partial charge in [-0.2, -0.15) is 0 Å². The van der Waals surface area contributed by atoms with Crippen molar-refractivity contribution in [1.82, 2.24) is 10.2 Å². The molecule has 0 unspecified atom stereocenters. The summed E-state index contributed by atoms with van der Waals surface area (Å²) in [5, 5.41) is 3.39. The number of hydrogen-bond acceptors (Lipinski definition) is 3. The van der Waals surface area contributed by atoms with Gasteiger partial charge >= 0.3 is 0 Å². The summed E-state index contributed by atoms with van der Waals surface area (Å²) in [6.07, 6.45) is 1.37. The van der Waals surface area contributed by atoms with E-state index in [2.05, 4.69) is 49.2 Å². The van der Waals surface area contributed by atoms with Gasteiger partial charge in [-0.1, -0.05) is 6.07 Å². The molecule has 0 radical (unpaired) electrons. The Labute approximate surface area is 116 Å². The van der Waals surface area contributed by atoms with E-state index in [0.717, 1.165) is 31.8 Å². The average Bonchev–Trinajstić information content (AvgIpc) is 2.38. The first-order valence-corrected chi connectivity index (χ1v) is 7.34. The molecule has 0 spiro atoms. The molecule has 1 fully saturated rings. The third kappa shape index (κ3) is 4.51. The lowest BCUT2D eigenvalue weighted by Crippen LogP contribution is -2.44. The maximum absolute atomic E-state index is 5.73. The summed E-state index contributed by atoms with van der Waals surface area (Å²) in [5.41, 5.74) is 2.78. The van der Waals surface area contributed by atoms with Crippen LogP contribution in [0.25, 0.3) is 0 Å². The zero-order chi connectivity index (χ0) is 13.7. The van der Waals surface area contributed by atoms with Crippen molar-refractivity contribution in [2.45, 2.75) is 33.3 Å². The van der Waals surface area contributed by atoms with E-state index in [1.165, 1.54) is 24.2 Å². The van der Waals surface area contributed by atoms with Crippen molar-refractivity contribution >= 4 is 0 Å². The van der Waals surface area contributed by atoms with Gasteiger partial charge in [-0.05, 0) is 50.5 Å². The number of hydrogen-bond donors (Lipinski definition) is 1. The highest BCUT2D eigenvalue weighted by atomic mass is 16.5. The van der Waals surface area contributed by atoms with Gasteiger partial charge < -0.3 is 15.0 Å². The van der Waals surface area contributed by atoms with E-state index < -0.39 is 0 Å². The maximum Gasteiger partial charge on any atom is 0.119 e. The van der Waals surface area contributed by atoms with Crippen LogP contribution in [0.3, 0.4) is 0 Å². The van der Waals surface area contributed by atoms with Gasteiger partial charge in [0.1, 0.15) is 5.75 Å². The molecule has 0 saturated carbocycles. The van der Waals surface area contributed by atoms with Crippen LogP contribution in [0.2, 0.25) is 0 Å². The van der Waals surface area contributed by atoms with Crippen LogP contribution < -0.4 is 10.1 Å². The van der Waals surface area contributed by atoms with Crippen LogP contribution in [0.15, 0.2) is 18.2 Å². The molecule has 3 heteroatoms. The molecule has 1 heterocycles. The Kier molecular flexibility index (Phi) is 5.23. The van der Waals surface area contributed by atoms with Crippen molar-refractivity contribution in [3.63, 3.8) is 0 Å². The highest BCUT2D eigenvalue weighted by molar-refractivity contribution is 5.35. The molecular formula is C16H26N2O. The lowest BCUT2D eigenvalue weighted by atomic mass is 10.0. The number of piperazine rings is 1. The number of nitrogens with one attached hydrogen (secondary N) is 1. The van der Waals surface area contributed by atoms with Crippen LogP contribution >= 0.6 is 0 Å². The molecule has 19 heavy (non-hydrogen) atoms. The first kappa shape index (κ1) is 14.4. The van der Waals surface area contributed by atoms with Gasteiger partial charge in [-0.15, -0.1) is 0 Å². The van der Waals surface area contributed by atoms with E-state index >= 15 is 0 Å². The second-order valence-electron chi connectivity index (χ2n) is 5.60. The number of nitrogens with zero attached hydrogens (tertiary/aromatic N) is 1. The van der Waals surface area contributed by atoms with Crippen LogP contribution in [0.1, 0.15) is 25.0 Å². The van der Waals surface area contributed by atoms with Crippen molar-refractivity contribution in [3.8, 4) is 5.75 Å². The molecule has 0 aromatic heterocycles. The zero-order valence-corrected chi connectivity index (χ0v) is 12.4. The Bertz CT molecular complexity index is 398. The molecule has 0 atom stereocenters. The smallest absolute Gasteiger partial charge is 0.119 e. The summed E-state index contributed by atoms with van der Waals surface area (Å²) < 4.78 is 5.73. The zero-order valence-electron chi connectivity index (χ0n) is 12.4. The van der Waals surface area contributed by atoms with Crippen LogP contribution in [0.4, 0.5) is 0 Å². The fourth-order valence-electron chi connectivity index (χ4n) is 2.51. The van der Waals surface area contributed by atoms with E-state index in [1.807, 2.05) is 0 Å². The van der Waals surface area contributed by atoms with E-state index in [-0.39, 0.29) is 6.10 Å². The summed E-state index contributed by atoms with van der Waals surface area (Å²) in [6.45, 7) is 12.1. The minimum absolute atomic E-state index is 0.242.